The van der Waals surface area contributed by atoms with Crippen molar-refractivity contribution in [2.24, 2.45) is 17.4 Å². The molecule has 0 fully saturated rings. The van der Waals surface area contributed by atoms with Crippen LogP contribution in [0, 0.1) is 5.92 Å². The number of hydrogen-bond acceptors (Lipinski definition) is 2. The molecule has 56 valence electrons. The Kier molecular flexibility index (Phi) is 2.51. The summed E-state index contributed by atoms with van der Waals surface area (Å²) in [7, 11) is 0. The first-order valence-electron chi connectivity index (χ1n) is 3.67. The van der Waals surface area contributed by atoms with E-state index in [2.05, 4.69) is 12.2 Å². The molecule has 0 amide bonds. The van der Waals surface area contributed by atoms with Crippen molar-refractivity contribution in [2.45, 2.75) is 12.8 Å². The summed E-state index contributed by atoms with van der Waals surface area (Å²) in [6, 6.07) is 0. The maximum absolute atomic E-state index is 5.54. The van der Waals surface area contributed by atoms with Crippen LogP contribution in [0.25, 0.3) is 0 Å². The first kappa shape index (κ1) is 7.35. The van der Waals surface area contributed by atoms with Gasteiger partial charge in [-0.1, -0.05) is 12.2 Å². The van der Waals surface area contributed by atoms with Gasteiger partial charge in [0.15, 0.2) is 0 Å². The van der Waals surface area contributed by atoms with Crippen molar-refractivity contribution in [3.63, 3.8) is 0 Å². The van der Waals surface area contributed by atoms with Crippen LogP contribution in [0.15, 0.2) is 23.9 Å². The Morgan fingerprint density at radius 2 is 2.40 bits per heavy atom. The summed E-state index contributed by atoms with van der Waals surface area (Å²) in [5.74, 6) is 0.622. The van der Waals surface area contributed by atoms with Gasteiger partial charge in [-0.05, 0) is 31.4 Å². The second kappa shape index (κ2) is 3.42. The maximum Gasteiger partial charge on any atom is 0.0270 e. The molecule has 1 atom stereocenters. The second-order valence-corrected chi connectivity index (χ2v) is 2.64. The number of hydrogen-bond donors (Lipinski definition) is 2. The molecule has 10 heavy (non-hydrogen) atoms. The molecule has 1 rings (SSSR count). The minimum absolute atomic E-state index is 0.622. The zero-order chi connectivity index (χ0) is 7.40. The van der Waals surface area contributed by atoms with Gasteiger partial charge in [0.2, 0.25) is 0 Å². The SMILES string of the molecule is NCCC1C=CC(N)=CC1. The largest absolute Gasteiger partial charge is 0.399 e. The van der Waals surface area contributed by atoms with Gasteiger partial charge in [-0.25, -0.2) is 0 Å². The van der Waals surface area contributed by atoms with Crippen LogP contribution in [-0.4, -0.2) is 6.54 Å². The Hall–Kier alpha value is -0.760. The minimum Gasteiger partial charge on any atom is -0.399 e. The van der Waals surface area contributed by atoms with Crippen molar-refractivity contribution in [1.29, 1.82) is 0 Å². The second-order valence-electron chi connectivity index (χ2n) is 2.64. The van der Waals surface area contributed by atoms with E-state index in [1.54, 1.807) is 0 Å². The average Bonchev–Trinajstić information content (AvgIpc) is 1.95. The van der Waals surface area contributed by atoms with E-state index in [1.165, 1.54) is 0 Å². The number of nitrogens with two attached hydrogens (primary N) is 2. The highest BCUT2D eigenvalue weighted by Gasteiger charge is 2.04. The molecule has 1 aliphatic carbocycles. The fourth-order valence-electron chi connectivity index (χ4n) is 1.11. The lowest BCUT2D eigenvalue weighted by atomic mass is 9.96. The van der Waals surface area contributed by atoms with Crippen LogP contribution in [0.1, 0.15) is 12.8 Å². The van der Waals surface area contributed by atoms with E-state index in [9.17, 15) is 0 Å². The van der Waals surface area contributed by atoms with Crippen LogP contribution >= 0.6 is 0 Å². The molecule has 4 N–H and O–H groups in total. The lowest BCUT2D eigenvalue weighted by Crippen LogP contribution is -2.09. The third-order valence-electron chi connectivity index (χ3n) is 1.75. The number of rotatable bonds is 2. The first-order valence-corrected chi connectivity index (χ1v) is 3.67. The van der Waals surface area contributed by atoms with Gasteiger partial charge in [-0.15, -0.1) is 0 Å². The lowest BCUT2D eigenvalue weighted by molar-refractivity contribution is 0.600. The standard InChI is InChI=1S/C8H14N2/c9-6-5-7-1-3-8(10)4-2-7/h1,3-4,7H,2,5-6,9-10H2. The highest BCUT2D eigenvalue weighted by molar-refractivity contribution is 5.20. The molecule has 0 aromatic carbocycles. The summed E-state index contributed by atoms with van der Waals surface area (Å²) in [4.78, 5) is 0. The third-order valence-corrected chi connectivity index (χ3v) is 1.75. The predicted octanol–water partition coefficient (Wildman–Crippen LogP) is 0.754. The summed E-state index contributed by atoms with van der Waals surface area (Å²) < 4.78 is 0. The molecule has 0 aromatic heterocycles. The van der Waals surface area contributed by atoms with E-state index in [-0.39, 0.29) is 0 Å². The Balaban J connectivity index is 2.37. The van der Waals surface area contributed by atoms with Gasteiger partial charge in [-0.2, -0.15) is 0 Å². The topological polar surface area (TPSA) is 52.0 Å². The van der Waals surface area contributed by atoms with Crippen LogP contribution in [0.2, 0.25) is 0 Å². The maximum atomic E-state index is 5.54. The monoisotopic (exact) mass is 138 g/mol. The quantitative estimate of drug-likeness (QED) is 0.591. The molecule has 0 bridgehead atoms. The fraction of sp³-hybridized carbons (Fsp3) is 0.500. The molecule has 0 saturated heterocycles. The highest BCUT2D eigenvalue weighted by Crippen LogP contribution is 2.15. The van der Waals surface area contributed by atoms with Crippen LogP contribution in [0.3, 0.4) is 0 Å². The van der Waals surface area contributed by atoms with Gasteiger partial charge in [0.05, 0.1) is 0 Å². The summed E-state index contributed by atoms with van der Waals surface area (Å²) in [5.41, 5.74) is 11.8. The van der Waals surface area contributed by atoms with Crippen molar-refractivity contribution < 1.29 is 0 Å². The predicted molar refractivity (Wildman–Crippen MR) is 43.2 cm³/mol. The molecule has 2 nitrogen and oxygen atoms in total. The molecular weight excluding hydrogens is 124 g/mol. The molecule has 2 heteroatoms. The normalized spacial score (nSPS) is 24.5. The Labute approximate surface area is 61.6 Å². The number of allylic oxidation sites excluding steroid dienone is 3. The average molecular weight is 138 g/mol. The van der Waals surface area contributed by atoms with Gasteiger partial charge >= 0.3 is 0 Å². The van der Waals surface area contributed by atoms with Crippen LogP contribution in [0.4, 0.5) is 0 Å². The van der Waals surface area contributed by atoms with Crippen molar-refractivity contribution in [3.8, 4) is 0 Å². The highest BCUT2D eigenvalue weighted by atomic mass is 14.6. The Bertz CT molecular complexity index is 159. The molecule has 1 unspecified atom stereocenters. The Morgan fingerprint density at radius 3 is 2.90 bits per heavy atom. The molecular formula is C8H14N2. The molecule has 0 aromatic rings. The molecule has 0 saturated carbocycles. The Morgan fingerprint density at radius 1 is 1.60 bits per heavy atom. The van der Waals surface area contributed by atoms with Gasteiger partial charge in [0.1, 0.15) is 0 Å². The molecule has 0 spiro atoms. The summed E-state index contributed by atoms with van der Waals surface area (Å²) in [6.07, 6.45) is 8.28. The van der Waals surface area contributed by atoms with Gasteiger partial charge in [0.25, 0.3) is 0 Å². The van der Waals surface area contributed by atoms with Crippen LogP contribution in [-0.2, 0) is 0 Å². The summed E-state index contributed by atoms with van der Waals surface area (Å²) in [6.45, 7) is 0.767. The smallest absolute Gasteiger partial charge is 0.0270 e. The molecule has 0 heterocycles. The van der Waals surface area contributed by atoms with Gasteiger partial charge in [-0.3, -0.25) is 0 Å². The van der Waals surface area contributed by atoms with E-state index in [4.69, 9.17) is 11.5 Å². The van der Waals surface area contributed by atoms with E-state index in [0.29, 0.717) is 5.92 Å². The van der Waals surface area contributed by atoms with Crippen molar-refractivity contribution in [2.75, 3.05) is 6.54 Å². The van der Waals surface area contributed by atoms with E-state index >= 15 is 0 Å². The fourth-order valence-corrected chi connectivity index (χ4v) is 1.11. The van der Waals surface area contributed by atoms with Crippen molar-refractivity contribution in [1.82, 2.24) is 0 Å². The zero-order valence-electron chi connectivity index (χ0n) is 6.09. The van der Waals surface area contributed by atoms with Crippen molar-refractivity contribution >= 4 is 0 Å². The summed E-state index contributed by atoms with van der Waals surface area (Å²) >= 11 is 0. The third kappa shape index (κ3) is 1.88. The molecule has 0 radical (unpaired) electrons. The van der Waals surface area contributed by atoms with Crippen molar-refractivity contribution in [3.05, 3.63) is 23.9 Å². The first-order chi connectivity index (χ1) is 4.83. The summed E-state index contributed by atoms with van der Waals surface area (Å²) in [5, 5.41) is 0. The van der Waals surface area contributed by atoms with Gasteiger partial charge < -0.3 is 11.5 Å². The zero-order valence-corrected chi connectivity index (χ0v) is 6.09. The van der Waals surface area contributed by atoms with Crippen LogP contribution < -0.4 is 11.5 Å². The van der Waals surface area contributed by atoms with Crippen LogP contribution in [0.5, 0.6) is 0 Å². The molecule has 1 aliphatic rings. The van der Waals surface area contributed by atoms with E-state index in [1.807, 2.05) is 6.08 Å². The van der Waals surface area contributed by atoms with Gasteiger partial charge in [0, 0.05) is 5.70 Å². The molecule has 0 aliphatic heterocycles. The minimum atomic E-state index is 0.622. The lowest BCUT2D eigenvalue weighted by Gasteiger charge is -2.12. The van der Waals surface area contributed by atoms with E-state index < -0.39 is 0 Å². The van der Waals surface area contributed by atoms with E-state index in [0.717, 1.165) is 25.1 Å².